The highest BCUT2D eigenvalue weighted by molar-refractivity contribution is 5.94. The van der Waals surface area contributed by atoms with Crippen LogP contribution in [-0.4, -0.2) is 24.3 Å². The Morgan fingerprint density at radius 2 is 1.74 bits per heavy atom. The van der Waals surface area contributed by atoms with Crippen LogP contribution < -0.4 is 27.2 Å². The summed E-state index contributed by atoms with van der Waals surface area (Å²) in [5, 5.41) is 6.30. The Hall–Kier alpha value is -2.41. The molecule has 0 radical (unpaired) electrons. The number of benzene rings is 2. The summed E-state index contributed by atoms with van der Waals surface area (Å²) < 4.78 is 0. The molecule has 1 aliphatic heterocycles. The SMILES string of the molecule is Cc1ccc(C(=O)NC2C(N)NNC2Nc2ccccc2)cc1. The molecule has 2 aromatic rings. The van der Waals surface area contributed by atoms with Gasteiger partial charge in [0.1, 0.15) is 6.17 Å². The number of nitrogens with one attached hydrogen (secondary N) is 4. The number of aryl methyl sites for hydroxylation is 1. The number of nitrogens with two attached hydrogens (primary N) is 1. The van der Waals surface area contributed by atoms with Crippen LogP contribution in [0, 0.1) is 6.92 Å². The molecule has 0 spiro atoms. The summed E-state index contributed by atoms with van der Waals surface area (Å²) in [5.74, 6) is -0.143. The Kier molecular flexibility index (Phi) is 4.57. The van der Waals surface area contributed by atoms with Gasteiger partial charge in [0.15, 0.2) is 0 Å². The van der Waals surface area contributed by atoms with Crippen molar-refractivity contribution in [2.24, 2.45) is 5.73 Å². The molecule has 2 aromatic carbocycles. The summed E-state index contributed by atoms with van der Waals surface area (Å²) >= 11 is 0. The molecule has 1 aliphatic rings. The summed E-state index contributed by atoms with van der Waals surface area (Å²) in [7, 11) is 0. The molecule has 6 nitrogen and oxygen atoms in total. The van der Waals surface area contributed by atoms with Crippen LogP contribution in [0.3, 0.4) is 0 Å². The lowest BCUT2D eigenvalue weighted by molar-refractivity contribution is 0.0931. The van der Waals surface area contributed by atoms with Gasteiger partial charge in [-0.3, -0.25) is 4.79 Å². The Balaban J connectivity index is 1.69. The van der Waals surface area contributed by atoms with E-state index in [1.165, 1.54) is 0 Å². The van der Waals surface area contributed by atoms with Gasteiger partial charge in [-0.2, -0.15) is 0 Å². The number of hydrogen-bond acceptors (Lipinski definition) is 5. The molecule has 1 saturated heterocycles. The van der Waals surface area contributed by atoms with Gasteiger partial charge in [-0.25, -0.2) is 10.9 Å². The molecule has 23 heavy (non-hydrogen) atoms. The van der Waals surface area contributed by atoms with Crippen molar-refractivity contribution >= 4 is 11.6 Å². The molecular weight excluding hydrogens is 290 g/mol. The molecule has 1 fully saturated rings. The fraction of sp³-hybridized carbons (Fsp3) is 0.235. The van der Waals surface area contributed by atoms with Crippen molar-refractivity contribution in [3.63, 3.8) is 0 Å². The standard InChI is InChI=1S/C17H21N5O/c1-11-7-9-12(10-8-11)17(23)20-14-15(18)21-22-16(14)19-13-5-3-2-4-6-13/h2-10,14-16,19,21-22H,18H2,1H3,(H,20,23). The summed E-state index contributed by atoms with van der Waals surface area (Å²) in [6.45, 7) is 1.99. The molecule has 0 bridgehead atoms. The first-order valence-electron chi connectivity index (χ1n) is 7.59. The topological polar surface area (TPSA) is 91.2 Å². The van der Waals surface area contributed by atoms with Gasteiger partial charge in [0.2, 0.25) is 0 Å². The van der Waals surface area contributed by atoms with E-state index in [9.17, 15) is 4.79 Å². The number of amides is 1. The van der Waals surface area contributed by atoms with Crippen molar-refractivity contribution in [1.29, 1.82) is 0 Å². The molecule has 0 saturated carbocycles. The maximum atomic E-state index is 12.4. The van der Waals surface area contributed by atoms with E-state index in [2.05, 4.69) is 21.5 Å². The highest BCUT2D eigenvalue weighted by Crippen LogP contribution is 2.12. The van der Waals surface area contributed by atoms with Crippen LogP contribution in [0.2, 0.25) is 0 Å². The second-order valence-electron chi connectivity index (χ2n) is 5.67. The fourth-order valence-corrected chi connectivity index (χ4v) is 2.53. The van der Waals surface area contributed by atoms with Crippen LogP contribution >= 0.6 is 0 Å². The number of hydrogen-bond donors (Lipinski definition) is 5. The number of hydrazine groups is 1. The molecule has 1 heterocycles. The molecule has 0 aromatic heterocycles. The van der Waals surface area contributed by atoms with E-state index in [1.54, 1.807) is 0 Å². The predicted octanol–water partition coefficient (Wildman–Crippen LogP) is 0.924. The van der Waals surface area contributed by atoms with Gasteiger partial charge in [0.25, 0.3) is 5.91 Å². The van der Waals surface area contributed by atoms with Crippen molar-refractivity contribution in [1.82, 2.24) is 16.2 Å². The quantitative estimate of drug-likeness (QED) is 0.579. The minimum Gasteiger partial charge on any atom is -0.367 e. The monoisotopic (exact) mass is 311 g/mol. The smallest absolute Gasteiger partial charge is 0.251 e. The lowest BCUT2D eigenvalue weighted by Gasteiger charge is -2.24. The second-order valence-corrected chi connectivity index (χ2v) is 5.67. The third-order valence-electron chi connectivity index (χ3n) is 3.86. The summed E-state index contributed by atoms with van der Waals surface area (Å²) in [4.78, 5) is 12.4. The average Bonchev–Trinajstić information content (AvgIpc) is 2.89. The molecule has 0 aliphatic carbocycles. The van der Waals surface area contributed by atoms with E-state index in [-0.39, 0.29) is 24.3 Å². The van der Waals surface area contributed by atoms with Gasteiger partial charge >= 0.3 is 0 Å². The van der Waals surface area contributed by atoms with Crippen molar-refractivity contribution in [2.75, 3.05) is 5.32 Å². The first kappa shape index (κ1) is 15.5. The minimum absolute atomic E-state index is 0.143. The van der Waals surface area contributed by atoms with E-state index in [1.807, 2.05) is 61.5 Å². The van der Waals surface area contributed by atoms with E-state index >= 15 is 0 Å². The third-order valence-corrected chi connectivity index (χ3v) is 3.86. The van der Waals surface area contributed by atoms with Crippen LogP contribution in [0.1, 0.15) is 15.9 Å². The Labute approximate surface area is 135 Å². The van der Waals surface area contributed by atoms with Crippen molar-refractivity contribution in [3.8, 4) is 0 Å². The van der Waals surface area contributed by atoms with Gasteiger partial charge in [-0.1, -0.05) is 35.9 Å². The zero-order valence-electron chi connectivity index (χ0n) is 12.9. The number of anilines is 1. The third kappa shape index (κ3) is 3.68. The van der Waals surface area contributed by atoms with Crippen LogP contribution in [0.4, 0.5) is 5.69 Å². The molecule has 6 heteroatoms. The largest absolute Gasteiger partial charge is 0.367 e. The molecule has 3 rings (SSSR count). The lowest BCUT2D eigenvalue weighted by Crippen LogP contribution is -2.53. The maximum Gasteiger partial charge on any atom is 0.251 e. The molecule has 3 atom stereocenters. The van der Waals surface area contributed by atoms with E-state index in [4.69, 9.17) is 5.73 Å². The van der Waals surface area contributed by atoms with Gasteiger partial charge in [-0.15, -0.1) is 0 Å². The summed E-state index contributed by atoms with van der Waals surface area (Å²) in [6.07, 6.45) is -0.590. The second kappa shape index (κ2) is 6.78. The van der Waals surface area contributed by atoms with Crippen LogP contribution in [0.15, 0.2) is 54.6 Å². The Morgan fingerprint density at radius 1 is 1.04 bits per heavy atom. The minimum atomic E-state index is -0.384. The van der Waals surface area contributed by atoms with Crippen LogP contribution in [-0.2, 0) is 0 Å². The van der Waals surface area contributed by atoms with Gasteiger partial charge in [-0.05, 0) is 31.2 Å². The zero-order valence-corrected chi connectivity index (χ0v) is 12.9. The maximum absolute atomic E-state index is 12.4. The van der Waals surface area contributed by atoms with Gasteiger partial charge in [0.05, 0.1) is 12.2 Å². The number of carbonyl (C=O) groups excluding carboxylic acids is 1. The highest BCUT2D eigenvalue weighted by Gasteiger charge is 2.34. The molecular formula is C17H21N5O. The zero-order chi connectivity index (χ0) is 16.2. The Morgan fingerprint density at radius 3 is 2.43 bits per heavy atom. The highest BCUT2D eigenvalue weighted by atomic mass is 16.1. The number of para-hydroxylation sites is 1. The fourth-order valence-electron chi connectivity index (χ4n) is 2.53. The van der Waals surface area contributed by atoms with Crippen molar-refractivity contribution < 1.29 is 4.79 Å². The summed E-state index contributed by atoms with van der Waals surface area (Å²) in [6, 6.07) is 16.9. The van der Waals surface area contributed by atoms with Crippen molar-refractivity contribution in [2.45, 2.75) is 25.3 Å². The van der Waals surface area contributed by atoms with Crippen LogP contribution in [0.5, 0.6) is 0 Å². The number of rotatable bonds is 4. The van der Waals surface area contributed by atoms with Crippen molar-refractivity contribution in [3.05, 3.63) is 65.7 Å². The van der Waals surface area contributed by atoms with E-state index in [0.29, 0.717) is 5.56 Å². The first-order valence-corrected chi connectivity index (χ1v) is 7.59. The molecule has 1 amide bonds. The molecule has 6 N–H and O–H groups in total. The predicted molar refractivity (Wildman–Crippen MR) is 90.5 cm³/mol. The summed E-state index contributed by atoms with van der Waals surface area (Å²) in [5.41, 5.74) is 14.8. The lowest BCUT2D eigenvalue weighted by atomic mass is 10.1. The van der Waals surface area contributed by atoms with Crippen LogP contribution in [0.25, 0.3) is 0 Å². The van der Waals surface area contributed by atoms with Gasteiger partial charge < -0.3 is 16.4 Å². The van der Waals surface area contributed by atoms with Gasteiger partial charge in [0, 0.05) is 11.3 Å². The van der Waals surface area contributed by atoms with E-state index < -0.39 is 0 Å². The Bertz CT molecular complexity index is 658. The normalized spacial score (nSPS) is 23.5. The molecule has 3 unspecified atom stereocenters. The first-order chi connectivity index (χ1) is 11.1. The number of carbonyl (C=O) groups is 1. The van der Waals surface area contributed by atoms with E-state index in [0.717, 1.165) is 11.3 Å². The average molecular weight is 311 g/mol. The molecule has 120 valence electrons.